The molecule has 2 atom stereocenters. The number of nitrogens with one attached hydrogen (secondary N) is 2. The monoisotopic (exact) mass is 601 g/mol. The number of carboxylic acids is 1. The van der Waals surface area contributed by atoms with E-state index in [0.717, 1.165) is 16.7 Å². The van der Waals surface area contributed by atoms with Crippen molar-refractivity contribution in [2.45, 2.75) is 64.0 Å². The molecule has 228 valence electrons. The topological polar surface area (TPSA) is 159 Å². The van der Waals surface area contributed by atoms with Crippen LogP contribution in [0.1, 0.15) is 77.1 Å². The number of nitrogens with zero attached hydrogens (tertiary/aromatic N) is 5. The zero-order valence-electron chi connectivity index (χ0n) is 23.6. The highest BCUT2D eigenvalue weighted by atomic mass is 19.4. The van der Waals surface area contributed by atoms with E-state index in [1.807, 2.05) is 37.4 Å². The fraction of sp³-hybridized carbons (Fsp3) is 0.393. The molecule has 3 heterocycles. The summed E-state index contributed by atoms with van der Waals surface area (Å²) in [6.07, 6.45) is -4.50. The van der Waals surface area contributed by atoms with Crippen LogP contribution in [0, 0.1) is 0 Å². The highest BCUT2D eigenvalue weighted by Gasteiger charge is 2.39. The molecule has 0 spiro atoms. The third-order valence-electron chi connectivity index (χ3n) is 7.19. The summed E-state index contributed by atoms with van der Waals surface area (Å²) in [5.41, 5.74) is 4.73. The molecule has 3 N–H and O–H groups in total. The number of carbonyl (C=O) groups excluding carboxylic acids is 3. The molecular weight excluding hydrogens is 571 g/mol. The van der Waals surface area contributed by atoms with Crippen LogP contribution in [-0.4, -0.2) is 66.1 Å². The number of alkyl halides is 3. The van der Waals surface area contributed by atoms with Gasteiger partial charge in [-0.05, 0) is 51.1 Å². The number of tetrazole rings is 1. The lowest BCUT2D eigenvalue weighted by Crippen LogP contribution is -2.52. The molecule has 0 saturated carbocycles. The van der Waals surface area contributed by atoms with Crippen molar-refractivity contribution in [1.82, 2.24) is 35.7 Å². The minimum Gasteiger partial charge on any atom is -0.475 e. The Labute approximate surface area is 244 Å². The lowest BCUT2D eigenvalue weighted by atomic mass is 9.92. The molecule has 2 aromatic carbocycles. The number of fused-ring (bicyclic) bond motifs is 1. The van der Waals surface area contributed by atoms with Gasteiger partial charge in [0.05, 0.1) is 6.04 Å². The van der Waals surface area contributed by atoms with Gasteiger partial charge in [0.1, 0.15) is 6.04 Å². The highest BCUT2D eigenvalue weighted by molar-refractivity contribution is 6.05. The van der Waals surface area contributed by atoms with E-state index in [4.69, 9.17) is 9.90 Å². The Kier molecular flexibility index (Phi) is 9.23. The molecule has 1 aromatic heterocycles. The van der Waals surface area contributed by atoms with E-state index in [1.54, 1.807) is 9.58 Å². The zero-order chi connectivity index (χ0) is 31.5. The number of aromatic nitrogens is 4. The number of imide groups is 1. The summed E-state index contributed by atoms with van der Waals surface area (Å²) >= 11 is 0. The number of aryl methyl sites for hydroxylation is 1. The van der Waals surface area contributed by atoms with Gasteiger partial charge in [0.2, 0.25) is 11.8 Å². The second-order valence-corrected chi connectivity index (χ2v) is 10.5. The maximum absolute atomic E-state index is 13.2. The first kappa shape index (κ1) is 31.3. The molecule has 0 bridgehead atoms. The Hall–Kier alpha value is -4.66. The van der Waals surface area contributed by atoms with Gasteiger partial charge in [0.25, 0.3) is 5.91 Å². The van der Waals surface area contributed by atoms with Gasteiger partial charge < -0.3 is 10.0 Å². The van der Waals surface area contributed by atoms with E-state index in [-0.39, 0.29) is 24.3 Å². The number of piperidine rings is 1. The molecule has 1 saturated heterocycles. The molecule has 5 rings (SSSR count). The SMILES string of the molecule is CC(C)c1ccccc1C(NCc1ccc2c(c1)C(=O)N(C1CCC(=O)NC1=O)C2)c1nnnn1C.O=C(O)C(F)(F)F. The summed E-state index contributed by atoms with van der Waals surface area (Å²) in [4.78, 5) is 47.5. The van der Waals surface area contributed by atoms with Crippen molar-refractivity contribution in [2.75, 3.05) is 0 Å². The van der Waals surface area contributed by atoms with E-state index < -0.39 is 24.1 Å². The van der Waals surface area contributed by atoms with E-state index >= 15 is 0 Å². The summed E-state index contributed by atoms with van der Waals surface area (Å²) in [6, 6.07) is 13.2. The summed E-state index contributed by atoms with van der Waals surface area (Å²) in [6.45, 7) is 5.17. The van der Waals surface area contributed by atoms with Crippen molar-refractivity contribution in [3.63, 3.8) is 0 Å². The van der Waals surface area contributed by atoms with Crippen LogP contribution in [-0.2, 0) is 34.5 Å². The summed E-state index contributed by atoms with van der Waals surface area (Å²) in [5.74, 6) is -2.61. The molecule has 0 radical (unpaired) electrons. The van der Waals surface area contributed by atoms with E-state index in [9.17, 15) is 27.6 Å². The van der Waals surface area contributed by atoms with Gasteiger partial charge in [-0.3, -0.25) is 25.0 Å². The fourth-order valence-corrected chi connectivity index (χ4v) is 5.05. The average Bonchev–Trinajstić information content (AvgIpc) is 3.51. The second-order valence-electron chi connectivity index (χ2n) is 10.5. The van der Waals surface area contributed by atoms with Crippen LogP contribution in [0.5, 0.6) is 0 Å². The van der Waals surface area contributed by atoms with Gasteiger partial charge >= 0.3 is 12.1 Å². The number of amides is 3. The number of benzene rings is 2. The number of carbonyl (C=O) groups is 4. The van der Waals surface area contributed by atoms with Crippen molar-refractivity contribution in [1.29, 1.82) is 0 Å². The quantitative estimate of drug-likeness (QED) is 0.346. The summed E-state index contributed by atoms with van der Waals surface area (Å²) in [7, 11) is 1.82. The highest BCUT2D eigenvalue weighted by Crippen LogP contribution is 2.30. The van der Waals surface area contributed by atoms with Crippen LogP contribution in [0.15, 0.2) is 42.5 Å². The Morgan fingerprint density at radius 3 is 2.40 bits per heavy atom. The van der Waals surface area contributed by atoms with Gasteiger partial charge in [-0.25, -0.2) is 9.48 Å². The van der Waals surface area contributed by atoms with Crippen LogP contribution in [0.4, 0.5) is 13.2 Å². The minimum absolute atomic E-state index is 0.180. The van der Waals surface area contributed by atoms with Gasteiger partial charge in [-0.15, -0.1) is 5.10 Å². The van der Waals surface area contributed by atoms with Crippen molar-refractivity contribution < 1.29 is 37.5 Å². The van der Waals surface area contributed by atoms with Gasteiger partial charge in [-0.2, -0.15) is 13.2 Å². The van der Waals surface area contributed by atoms with Crippen molar-refractivity contribution in [3.8, 4) is 0 Å². The summed E-state index contributed by atoms with van der Waals surface area (Å²) < 4.78 is 33.4. The van der Waals surface area contributed by atoms with Crippen LogP contribution >= 0.6 is 0 Å². The van der Waals surface area contributed by atoms with Gasteiger partial charge in [-0.1, -0.05) is 50.2 Å². The number of hydrogen-bond donors (Lipinski definition) is 3. The van der Waals surface area contributed by atoms with E-state index in [1.165, 1.54) is 5.56 Å². The Bertz CT molecular complexity index is 1540. The van der Waals surface area contributed by atoms with Gasteiger partial charge in [0, 0.05) is 32.1 Å². The van der Waals surface area contributed by atoms with E-state index in [0.29, 0.717) is 36.8 Å². The molecule has 3 amide bonds. The lowest BCUT2D eigenvalue weighted by Gasteiger charge is -2.29. The third kappa shape index (κ3) is 7.05. The number of halogens is 3. The smallest absolute Gasteiger partial charge is 0.475 e. The molecule has 2 unspecified atom stereocenters. The molecular formula is C28H30F3N7O5. The summed E-state index contributed by atoms with van der Waals surface area (Å²) in [5, 5.41) is 25.2. The maximum Gasteiger partial charge on any atom is 0.490 e. The Morgan fingerprint density at radius 2 is 1.81 bits per heavy atom. The van der Waals surface area contributed by atoms with Crippen molar-refractivity contribution >= 4 is 23.7 Å². The van der Waals surface area contributed by atoms with Crippen LogP contribution in [0.3, 0.4) is 0 Å². The van der Waals surface area contributed by atoms with Gasteiger partial charge in [0.15, 0.2) is 5.82 Å². The molecule has 1 fully saturated rings. The van der Waals surface area contributed by atoms with Crippen molar-refractivity contribution in [3.05, 3.63) is 76.1 Å². The first-order valence-corrected chi connectivity index (χ1v) is 13.4. The molecule has 43 heavy (non-hydrogen) atoms. The maximum atomic E-state index is 13.2. The lowest BCUT2D eigenvalue weighted by molar-refractivity contribution is -0.192. The van der Waals surface area contributed by atoms with E-state index in [2.05, 4.69) is 52.1 Å². The predicted molar refractivity (Wildman–Crippen MR) is 144 cm³/mol. The Morgan fingerprint density at radius 1 is 1.14 bits per heavy atom. The largest absolute Gasteiger partial charge is 0.490 e. The molecule has 15 heteroatoms. The number of aliphatic carboxylic acids is 1. The van der Waals surface area contributed by atoms with Crippen LogP contribution in [0.25, 0.3) is 0 Å². The predicted octanol–water partition coefficient (Wildman–Crippen LogP) is 2.61. The number of carboxylic acid groups (broad SMARTS) is 1. The number of rotatable bonds is 7. The minimum atomic E-state index is -5.08. The zero-order valence-corrected chi connectivity index (χ0v) is 23.6. The molecule has 3 aromatic rings. The molecule has 0 aliphatic carbocycles. The average molecular weight is 602 g/mol. The molecule has 2 aliphatic heterocycles. The van der Waals surface area contributed by atoms with Crippen LogP contribution in [0.2, 0.25) is 0 Å². The second kappa shape index (κ2) is 12.7. The van der Waals surface area contributed by atoms with Crippen molar-refractivity contribution in [2.24, 2.45) is 7.05 Å². The number of hydrogen-bond acceptors (Lipinski definition) is 8. The third-order valence-corrected chi connectivity index (χ3v) is 7.19. The fourth-order valence-electron chi connectivity index (χ4n) is 5.05. The van der Waals surface area contributed by atoms with Crippen LogP contribution < -0.4 is 10.6 Å². The molecule has 2 aliphatic rings. The first-order valence-electron chi connectivity index (χ1n) is 13.4. The standard InChI is InChI=1S/C26H29N7O3.C2HF3O2/c1-15(2)18-6-4-5-7-19(18)23(24-29-30-31-32(24)3)27-13-16-8-9-17-14-33(26(36)20(17)12-16)21-10-11-22(34)28-25(21)35;3-2(4,5)1(6)7/h4-9,12,15,21,23,27H,10-11,13-14H2,1-3H3,(H,28,34,35);(H,6,7). The first-order chi connectivity index (χ1) is 20.3. The molecule has 12 nitrogen and oxygen atoms in total. The normalized spacial score (nSPS) is 17.3. The Balaban J connectivity index is 0.000000541.